The van der Waals surface area contributed by atoms with Crippen LogP contribution in [0.15, 0.2) is 42.1 Å². The van der Waals surface area contributed by atoms with Crippen LogP contribution in [0.1, 0.15) is 19.8 Å². The summed E-state index contributed by atoms with van der Waals surface area (Å²) in [5.74, 6) is 1.06. The van der Waals surface area contributed by atoms with Gasteiger partial charge in [-0.3, -0.25) is 9.36 Å². The van der Waals surface area contributed by atoms with Crippen LogP contribution in [0.2, 0.25) is 5.02 Å². The topological polar surface area (TPSA) is 59.8 Å². The van der Waals surface area contributed by atoms with E-state index < -0.39 is 0 Å². The number of thioether (sulfide) groups is 1. The number of unbranched alkanes of at least 4 members (excludes halogenated alkanes) is 1. The lowest BCUT2D eigenvalue weighted by Crippen LogP contribution is -2.26. The molecular formula is C17H21ClN4OS. The smallest absolute Gasteiger partial charge is 0.230 e. The van der Waals surface area contributed by atoms with Crippen LogP contribution in [-0.4, -0.2) is 33.0 Å². The van der Waals surface area contributed by atoms with Crippen molar-refractivity contribution in [2.45, 2.75) is 31.5 Å². The number of amides is 1. The molecule has 0 unspecified atom stereocenters. The number of halogens is 1. The molecule has 0 aliphatic heterocycles. The number of aromatic nitrogens is 3. The molecule has 128 valence electrons. The van der Waals surface area contributed by atoms with Crippen LogP contribution in [0.5, 0.6) is 0 Å². The molecule has 0 spiro atoms. The molecule has 0 aliphatic carbocycles. The molecule has 2 rings (SSSR count). The fourth-order valence-electron chi connectivity index (χ4n) is 2.09. The number of carbonyl (C=O) groups is 1. The minimum absolute atomic E-state index is 0.00893. The van der Waals surface area contributed by atoms with Crippen molar-refractivity contribution in [2.75, 3.05) is 12.3 Å². The Labute approximate surface area is 151 Å². The molecule has 0 saturated carbocycles. The van der Waals surface area contributed by atoms with Crippen molar-refractivity contribution < 1.29 is 4.79 Å². The number of carbonyl (C=O) groups excluding carboxylic acids is 1. The van der Waals surface area contributed by atoms with Crippen molar-refractivity contribution in [1.29, 1.82) is 0 Å². The SMILES string of the molecule is C=CCn1c(SCC(=O)NCCCC)nnc1-c1ccc(Cl)cc1. The molecule has 2 aromatic rings. The second-order valence-corrected chi connectivity index (χ2v) is 6.58. The van der Waals surface area contributed by atoms with Crippen molar-refractivity contribution in [3.63, 3.8) is 0 Å². The standard InChI is InChI=1S/C17H21ClN4OS/c1-3-5-10-19-15(23)12-24-17-21-20-16(22(17)11-4-2)13-6-8-14(18)9-7-13/h4,6-9H,2-3,5,10-12H2,1H3,(H,19,23). The first-order chi connectivity index (χ1) is 11.7. The van der Waals surface area contributed by atoms with E-state index in [1.807, 2.05) is 28.8 Å². The van der Waals surface area contributed by atoms with Crippen LogP contribution >= 0.6 is 23.4 Å². The van der Waals surface area contributed by atoms with Gasteiger partial charge in [-0.2, -0.15) is 0 Å². The molecule has 1 heterocycles. The van der Waals surface area contributed by atoms with Gasteiger partial charge >= 0.3 is 0 Å². The van der Waals surface area contributed by atoms with Crippen molar-refractivity contribution in [1.82, 2.24) is 20.1 Å². The highest BCUT2D eigenvalue weighted by molar-refractivity contribution is 7.99. The van der Waals surface area contributed by atoms with Gasteiger partial charge in [0.15, 0.2) is 11.0 Å². The van der Waals surface area contributed by atoms with E-state index in [2.05, 4.69) is 29.0 Å². The Balaban J connectivity index is 2.09. The number of benzene rings is 1. The van der Waals surface area contributed by atoms with Gasteiger partial charge in [0.2, 0.25) is 5.91 Å². The first-order valence-electron chi connectivity index (χ1n) is 7.85. The van der Waals surface area contributed by atoms with Crippen LogP contribution < -0.4 is 5.32 Å². The lowest BCUT2D eigenvalue weighted by atomic mass is 10.2. The van der Waals surface area contributed by atoms with E-state index in [0.29, 0.717) is 29.0 Å². The molecular weight excluding hydrogens is 344 g/mol. The lowest BCUT2D eigenvalue weighted by molar-refractivity contribution is -0.118. The fraction of sp³-hybridized carbons (Fsp3) is 0.353. The Morgan fingerprint density at radius 3 is 2.79 bits per heavy atom. The number of rotatable bonds is 9. The van der Waals surface area contributed by atoms with Gasteiger partial charge < -0.3 is 5.32 Å². The number of allylic oxidation sites excluding steroid dienone is 1. The lowest BCUT2D eigenvalue weighted by Gasteiger charge is -2.08. The summed E-state index contributed by atoms with van der Waals surface area (Å²) in [6.07, 6.45) is 3.84. The van der Waals surface area contributed by atoms with Gasteiger partial charge in [-0.05, 0) is 30.7 Å². The van der Waals surface area contributed by atoms with E-state index in [9.17, 15) is 4.79 Å². The highest BCUT2D eigenvalue weighted by Crippen LogP contribution is 2.25. The van der Waals surface area contributed by atoms with Crippen LogP contribution in [-0.2, 0) is 11.3 Å². The molecule has 1 amide bonds. The molecule has 5 nitrogen and oxygen atoms in total. The van der Waals surface area contributed by atoms with Gasteiger partial charge in [0.05, 0.1) is 5.75 Å². The third kappa shape index (κ3) is 5.11. The maximum Gasteiger partial charge on any atom is 0.230 e. The first kappa shape index (κ1) is 18.5. The molecule has 1 N–H and O–H groups in total. The Morgan fingerprint density at radius 1 is 1.38 bits per heavy atom. The van der Waals surface area contributed by atoms with Gasteiger partial charge in [-0.15, -0.1) is 16.8 Å². The average Bonchev–Trinajstić information content (AvgIpc) is 2.97. The molecule has 24 heavy (non-hydrogen) atoms. The molecule has 0 fully saturated rings. The second kappa shape index (κ2) is 9.49. The Kier molecular flexibility index (Phi) is 7.34. The van der Waals surface area contributed by atoms with Crippen molar-refractivity contribution in [3.8, 4) is 11.4 Å². The molecule has 1 aromatic heterocycles. The normalized spacial score (nSPS) is 10.6. The molecule has 0 aliphatic rings. The van der Waals surface area contributed by atoms with Crippen molar-refractivity contribution in [3.05, 3.63) is 41.9 Å². The summed E-state index contributed by atoms with van der Waals surface area (Å²) in [4.78, 5) is 11.9. The number of hydrogen-bond donors (Lipinski definition) is 1. The summed E-state index contributed by atoms with van der Waals surface area (Å²) >= 11 is 7.31. The Morgan fingerprint density at radius 2 is 2.12 bits per heavy atom. The minimum Gasteiger partial charge on any atom is -0.355 e. The number of nitrogens with zero attached hydrogens (tertiary/aromatic N) is 3. The van der Waals surface area contributed by atoms with E-state index in [1.54, 1.807) is 6.08 Å². The fourth-order valence-corrected chi connectivity index (χ4v) is 2.99. The van der Waals surface area contributed by atoms with Gasteiger partial charge in [0.1, 0.15) is 0 Å². The first-order valence-corrected chi connectivity index (χ1v) is 9.21. The molecule has 7 heteroatoms. The molecule has 0 bridgehead atoms. The molecule has 0 atom stereocenters. The Bertz CT molecular complexity index is 684. The predicted octanol–water partition coefficient (Wildman–Crippen LogP) is 3.79. The van der Waals surface area contributed by atoms with E-state index >= 15 is 0 Å². The van der Waals surface area contributed by atoms with Gasteiger partial charge in [-0.25, -0.2) is 0 Å². The summed E-state index contributed by atoms with van der Waals surface area (Å²) < 4.78 is 1.94. The zero-order chi connectivity index (χ0) is 17.4. The second-order valence-electron chi connectivity index (χ2n) is 5.20. The van der Waals surface area contributed by atoms with Gasteiger partial charge in [0.25, 0.3) is 0 Å². The monoisotopic (exact) mass is 364 g/mol. The quantitative estimate of drug-likeness (QED) is 0.417. The van der Waals surface area contributed by atoms with Crippen molar-refractivity contribution >= 4 is 29.3 Å². The summed E-state index contributed by atoms with van der Waals surface area (Å²) in [7, 11) is 0. The zero-order valence-corrected chi connectivity index (χ0v) is 15.2. The zero-order valence-electron chi connectivity index (χ0n) is 13.7. The third-order valence-corrected chi connectivity index (χ3v) is 4.53. The van der Waals surface area contributed by atoms with Gasteiger partial charge in [-0.1, -0.05) is 42.8 Å². The third-order valence-electron chi connectivity index (χ3n) is 3.32. The van der Waals surface area contributed by atoms with E-state index in [4.69, 9.17) is 11.6 Å². The summed E-state index contributed by atoms with van der Waals surface area (Å²) in [5.41, 5.74) is 0.924. The van der Waals surface area contributed by atoms with Crippen molar-refractivity contribution in [2.24, 2.45) is 0 Å². The van der Waals surface area contributed by atoms with Gasteiger partial charge in [0, 0.05) is 23.7 Å². The van der Waals surface area contributed by atoms with E-state index in [0.717, 1.165) is 24.2 Å². The molecule has 0 saturated heterocycles. The maximum atomic E-state index is 11.9. The predicted molar refractivity (Wildman–Crippen MR) is 99.3 cm³/mol. The average molecular weight is 365 g/mol. The maximum absolute atomic E-state index is 11.9. The number of nitrogens with one attached hydrogen (secondary N) is 1. The highest BCUT2D eigenvalue weighted by atomic mass is 35.5. The minimum atomic E-state index is 0.00893. The summed E-state index contributed by atoms with van der Waals surface area (Å²) in [6, 6.07) is 7.44. The molecule has 1 aromatic carbocycles. The van der Waals surface area contributed by atoms with Crippen LogP contribution in [0.25, 0.3) is 11.4 Å². The highest BCUT2D eigenvalue weighted by Gasteiger charge is 2.14. The number of hydrogen-bond acceptors (Lipinski definition) is 4. The van der Waals surface area contributed by atoms with Crippen LogP contribution in [0.4, 0.5) is 0 Å². The summed E-state index contributed by atoms with van der Waals surface area (Å²) in [5, 5.41) is 12.7. The largest absolute Gasteiger partial charge is 0.355 e. The van der Waals surface area contributed by atoms with E-state index in [1.165, 1.54) is 11.8 Å². The Hall–Kier alpha value is -1.79. The van der Waals surface area contributed by atoms with E-state index in [-0.39, 0.29) is 5.91 Å². The van der Waals surface area contributed by atoms with Crippen LogP contribution in [0, 0.1) is 0 Å². The molecule has 0 radical (unpaired) electrons. The summed E-state index contributed by atoms with van der Waals surface area (Å²) in [6.45, 7) is 7.17. The van der Waals surface area contributed by atoms with Crippen LogP contribution in [0.3, 0.4) is 0 Å².